The first kappa shape index (κ1) is 12.7. The van der Waals surface area contributed by atoms with Crippen LogP contribution >= 0.6 is 19.9 Å². The van der Waals surface area contributed by atoms with E-state index in [1.165, 1.54) is 0 Å². The molecule has 0 aromatic carbocycles. The molecule has 0 aliphatic carbocycles. The van der Waals surface area contributed by atoms with Gasteiger partial charge in [0.05, 0.1) is 6.61 Å². The molecule has 1 unspecified atom stereocenters. The largest absolute Gasteiger partial charge is 0.374 e. The van der Waals surface area contributed by atoms with Gasteiger partial charge in [-0.1, -0.05) is 0 Å². The molecule has 0 aliphatic heterocycles. The maximum atomic E-state index is 8.95. The van der Waals surface area contributed by atoms with Gasteiger partial charge < -0.3 is 9.73 Å². The van der Waals surface area contributed by atoms with Crippen molar-refractivity contribution < 1.29 is 9.73 Å². The molecule has 0 spiro atoms. The molecule has 0 aliphatic rings. The van der Waals surface area contributed by atoms with Crippen molar-refractivity contribution in [3.05, 3.63) is 0 Å². The molecule has 0 rings (SSSR count). The second kappa shape index (κ2) is 9.75. The minimum absolute atomic E-state index is 0.609. The van der Waals surface area contributed by atoms with Crippen LogP contribution in [0.1, 0.15) is 6.42 Å². The molecule has 0 aromatic rings. The first-order chi connectivity index (χ1) is 5.77. The molecular formula is C7H18NO2PS. The van der Waals surface area contributed by atoms with E-state index in [0.29, 0.717) is 6.61 Å². The van der Waals surface area contributed by atoms with E-state index in [9.17, 15) is 0 Å². The van der Waals surface area contributed by atoms with Crippen molar-refractivity contribution in [3.8, 4) is 0 Å². The van der Waals surface area contributed by atoms with Gasteiger partial charge in [-0.2, -0.15) is 11.8 Å². The number of hydroxylamine groups is 1. The van der Waals surface area contributed by atoms with Crippen LogP contribution in [0.15, 0.2) is 0 Å². The van der Waals surface area contributed by atoms with Crippen molar-refractivity contribution >= 4 is 19.9 Å². The van der Waals surface area contributed by atoms with Gasteiger partial charge >= 0.3 is 0 Å². The number of hydrogen-bond donors (Lipinski definition) is 2. The van der Waals surface area contributed by atoms with Gasteiger partial charge in [0.2, 0.25) is 0 Å². The third-order valence-electron chi connectivity index (χ3n) is 1.25. The lowest BCUT2D eigenvalue weighted by Gasteiger charge is -2.06. The summed E-state index contributed by atoms with van der Waals surface area (Å²) in [5.41, 5.74) is 2.86. The van der Waals surface area contributed by atoms with Crippen LogP contribution < -0.4 is 5.48 Å². The highest BCUT2D eigenvalue weighted by molar-refractivity contribution is 7.98. The average molecular weight is 211 g/mol. The topological polar surface area (TPSA) is 41.5 Å². The Balaban J connectivity index is 2.82. The zero-order valence-corrected chi connectivity index (χ0v) is 9.46. The average Bonchev–Trinajstić information content (AvgIpc) is 2.02. The Bertz CT molecular complexity index is 95.5. The highest BCUT2D eigenvalue weighted by Crippen LogP contribution is 2.21. The molecule has 0 radical (unpaired) electrons. The lowest BCUT2D eigenvalue weighted by molar-refractivity contribution is 0.0525. The molecule has 2 N–H and O–H groups in total. The molecule has 0 saturated carbocycles. The first-order valence-corrected chi connectivity index (χ1v) is 7.33. The summed E-state index contributed by atoms with van der Waals surface area (Å²) in [6, 6.07) is 0. The van der Waals surface area contributed by atoms with E-state index in [1.807, 2.05) is 18.4 Å². The fraction of sp³-hybridized carbons (Fsp3) is 1.00. The van der Waals surface area contributed by atoms with Crippen molar-refractivity contribution in [2.75, 3.05) is 38.0 Å². The van der Waals surface area contributed by atoms with Crippen LogP contribution in [0.5, 0.6) is 0 Å². The smallest absolute Gasteiger partial charge is 0.0742 e. The molecule has 74 valence electrons. The van der Waals surface area contributed by atoms with E-state index in [-0.39, 0.29) is 0 Å². The lowest BCUT2D eigenvalue weighted by atomic mass is 10.5. The summed E-state index contributed by atoms with van der Waals surface area (Å²) in [5.74, 6) is 1.16. The summed E-state index contributed by atoms with van der Waals surface area (Å²) >= 11 is 1.84. The van der Waals surface area contributed by atoms with Gasteiger partial charge in [-0.3, -0.25) is 0 Å². The van der Waals surface area contributed by atoms with Gasteiger partial charge in [0.15, 0.2) is 0 Å². The molecule has 0 fully saturated rings. The molecular weight excluding hydrogens is 193 g/mol. The molecule has 1 atom stereocenters. The minimum Gasteiger partial charge on any atom is -0.374 e. The highest BCUT2D eigenvalue weighted by Gasteiger charge is 1.94. The van der Waals surface area contributed by atoms with Gasteiger partial charge in [-0.15, -0.1) is 0 Å². The van der Waals surface area contributed by atoms with Crippen molar-refractivity contribution in [1.29, 1.82) is 0 Å². The van der Waals surface area contributed by atoms with Crippen LogP contribution in [-0.4, -0.2) is 42.9 Å². The first-order valence-electron chi connectivity index (χ1n) is 4.01. The monoisotopic (exact) mass is 211 g/mol. The SMILES string of the molecule is CSCCCNOCCP(C)O. The Kier molecular flexibility index (Phi) is 10.3. The molecule has 0 saturated heterocycles. The fourth-order valence-electron chi connectivity index (χ4n) is 0.611. The fourth-order valence-corrected chi connectivity index (χ4v) is 1.40. The third kappa shape index (κ3) is 10.7. The molecule has 0 heterocycles. The van der Waals surface area contributed by atoms with Crippen LogP contribution in [0.2, 0.25) is 0 Å². The van der Waals surface area contributed by atoms with E-state index in [2.05, 4.69) is 11.7 Å². The van der Waals surface area contributed by atoms with Crippen molar-refractivity contribution in [3.63, 3.8) is 0 Å². The van der Waals surface area contributed by atoms with Gasteiger partial charge in [0.25, 0.3) is 0 Å². The van der Waals surface area contributed by atoms with Crippen LogP contribution in [0.4, 0.5) is 0 Å². The summed E-state index contributed by atoms with van der Waals surface area (Å²) in [6.45, 7) is 3.33. The zero-order chi connectivity index (χ0) is 9.23. The third-order valence-corrected chi connectivity index (χ3v) is 2.77. The van der Waals surface area contributed by atoms with Crippen LogP contribution in [0.3, 0.4) is 0 Å². The van der Waals surface area contributed by atoms with Gasteiger partial charge in [0.1, 0.15) is 0 Å². The van der Waals surface area contributed by atoms with Crippen molar-refractivity contribution in [2.24, 2.45) is 0 Å². The second-order valence-corrected chi connectivity index (χ2v) is 5.22. The van der Waals surface area contributed by atoms with Crippen LogP contribution in [0, 0.1) is 0 Å². The molecule has 0 aromatic heterocycles. The highest BCUT2D eigenvalue weighted by atomic mass is 32.2. The van der Waals surface area contributed by atoms with E-state index in [4.69, 9.17) is 9.73 Å². The van der Waals surface area contributed by atoms with Crippen molar-refractivity contribution in [2.45, 2.75) is 6.42 Å². The minimum atomic E-state index is -0.797. The normalized spacial score (nSPS) is 13.2. The van der Waals surface area contributed by atoms with E-state index in [0.717, 1.165) is 24.9 Å². The lowest BCUT2D eigenvalue weighted by Crippen LogP contribution is -2.18. The Morgan fingerprint density at radius 1 is 1.58 bits per heavy atom. The van der Waals surface area contributed by atoms with Crippen LogP contribution in [-0.2, 0) is 4.84 Å². The number of thioether (sulfide) groups is 1. The summed E-state index contributed by atoms with van der Waals surface area (Å²) in [4.78, 5) is 14.0. The molecule has 0 bridgehead atoms. The van der Waals surface area contributed by atoms with Gasteiger partial charge in [-0.25, -0.2) is 5.48 Å². The Morgan fingerprint density at radius 3 is 2.92 bits per heavy atom. The number of rotatable bonds is 8. The van der Waals surface area contributed by atoms with E-state index in [1.54, 1.807) is 0 Å². The maximum Gasteiger partial charge on any atom is 0.0742 e. The zero-order valence-electron chi connectivity index (χ0n) is 7.75. The van der Waals surface area contributed by atoms with Gasteiger partial charge in [-0.05, 0) is 25.1 Å². The quantitative estimate of drug-likeness (QED) is 0.360. The Morgan fingerprint density at radius 2 is 2.33 bits per heavy atom. The summed E-state index contributed by atoms with van der Waals surface area (Å²) < 4.78 is 0. The predicted molar refractivity (Wildman–Crippen MR) is 56.9 cm³/mol. The summed E-state index contributed by atoms with van der Waals surface area (Å²) in [7, 11) is -0.797. The molecule has 5 heteroatoms. The summed E-state index contributed by atoms with van der Waals surface area (Å²) in [6.07, 6.45) is 3.98. The summed E-state index contributed by atoms with van der Waals surface area (Å²) in [5, 5.41) is 0. The molecule has 3 nitrogen and oxygen atoms in total. The molecule has 12 heavy (non-hydrogen) atoms. The van der Waals surface area contributed by atoms with E-state index < -0.39 is 8.15 Å². The number of hydrogen-bond acceptors (Lipinski definition) is 4. The maximum absolute atomic E-state index is 8.95. The predicted octanol–water partition coefficient (Wildman–Crippen LogP) is 1.28. The van der Waals surface area contributed by atoms with Crippen LogP contribution in [0.25, 0.3) is 0 Å². The van der Waals surface area contributed by atoms with Crippen molar-refractivity contribution in [1.82, 2.24) is 5.48 Å². The Hall–Kier alpha value is 0.660. The van der Waals surface area contributed by atoms with Gasteiger partial charge in [0, 0.05) is 20.9 Å². The van der Waals surface area contributed by atoms with E-state index >= 15 is 0 Å². The second-order valence-electron chi connectivity index (χ2n) is 2.47. The molecule has 0 amide bonds. The number of nitrogens with one attached hydrogen (secondary N) is 1. The Labute approximate surface area is 80.1 Å². The standard InChI is InChI=1S/C7H18NO2PS/c1-11(9)6-5-10-8-4-3-7-12-2/h8-9H,3-7H2,1-2H3.